The van der Waals surface area contributed by atoms with Gasteiger partial charge < -0.3 is 4.90 Å². The van der Waals surface area contributed by atoms with Crippen molar-refractivity contribution in [3.05, 3.63) is 45.8 Å². The third kappa shape index (κ3) is 2.03. The van der Waals surface area contributed by atoms with Gasteiger partial charge in [0, 0.05) is 22.9 Å². The van der Waals surface area contributed by atoms with Gasteiger partial charge in [0.2, 0.25) is 5.28 Å². The monoisotopic (exact) mass is 309 g/mol. The summed E-state index contributed by atoms with van der Waals surface area (Å²) in [6.45, 7) is 0.930. The van der Waals surface area contributed by atoms with E-state index in [9.17, 15) is 0 Å². The number of rotatable bonds is 1. The molecule has 1 aliphatic heterocycles. The van der Waals surface area contributed by atoms with Gasteiger partial charge in [-0.25, -0.2) is 9.97 Å². The maximum absolute atomic E-state index is 5.82. The number of fused-ring (bicyclic) bond motifs is 1. The molecule has 3 nitrogen and oxygen atoms in total. The minimum absolute atomic E-state index is 0.283. The molecule has 0 bridgehead atoms. The number of benzene rings is 1. The van der Waals surface area contributed by atoms with Crippen molar-refractivity contribution in [2.24, 2.45) is 0 Å². The molecule has 86 valence electrons. The van der Waals surface area contributed by atoms with Gasteiger partial charge in [-0.1, -0.05) is 22.0 Å². The lowest BCUT2D eigenvalue weighted by Gasteiger charge is -2.18. The molecule has 0 atom stereocenters. The van der Waals surface area contributed by atoms with Crippen molar-refractivity contribution < 1.29 is 0 Å². The fourth-order valence-electron chi connectivity index (χ4n) is 2.07. The van der Waals surface area contributed by atoms with Crippen LogP contribution in [0.3, 0.4) is 0 Å². The second-order valence-electron chi connectivity index (χ2n) is 3.86. The zero-order chi connectivity index (χ0) is 11.8. The molecule has 0 spiro atoms. The third-order valence-corrected chi connectivity index (χ3v) is 3.51. The van der Waals surface area contributed by atoms with Gasteiger partial charge in [-0.05, 0) is 41.8 Å². The van der Waals surface area contributed by atoms with E-state index in [0.29, 0.717) is 0 Å². The maximum atomic E-state index is 5.82. The lowest BCUT2D eigenvalue weighted by Crippen LogP contribution is -2.14. The summed E-state index contributed by atoms with van der Waals surface area (Å²) in [6.07, 6.45) is 2.71. The molecule has 0 unspecified atom stereocenters. The van der Waals surface area contributed by atoms with Crippen LogP contribution < -0.4 is 4.90 Å². The summed E-state index contributed by atoms with van der Waals surface area (Å²) in [4.78, 5) is 10.3. The molecule has 1 aromatic carbocycles. The average molecular weight is 311 g/mol. The Bertz CT molecular complexity index is 573. The zero-order valence-corrected chi connectivity index (χ0v) is 11.2. The molecule has 17 heavy (non-hydrogen) atoms. The van der Waals surface area contributed by atoms with Gasteiger partial charge >= 0.3 is 0 Å². The van der Waals surface area contributed by atoms with Crippen LogP contribution in [-0.4, -0.2) is 16.5 Å². The first-order valence-corrected chi connectivity index (χ1v) is 6.45. The summed E-state index contributed by atoms with van der Waals surface area (Å²) >= 11 is 9.32. The van der Waals surface area contributed by atoms with Crippen LogP contribution in [0.1, 0.15) is 5.56 Å². The fourth-order valence-corrected chi connectivity index (χ4v) is 2.56. The highest BCUT2D eigenvalue weighted by molar-refractivity contribution is 9.10. The van der Waals surface area contributed by atoms with Crippen LogP contribution in [0.15, 0.2) is 34.9 Å². The predicted octanol–water partition coefficient (Wildman–Crippen LogP) is 3.59. The Labute approximate surface area is 113 Å². The van der Waals surface area contributed by atoms with E-state index in [1.165, 1.54) is 11.3 Å². The van der Waals surface area contributed by atoms with Crippen LogP contribution in [0.4, 0.5) is 11.5 Å². The summed E-state index contributed by atoms with van der Waals surface area (Å²) in [5.41, 5.74) is 2.53. The summed E-state index contributed by atoms with van der Waals surface area (Å²) in [5.74, 6) is 0.849. The van der Waals surface area contributed by atoms with Crippen molar-refractivity contribution >= 4 is 39.0 Å². The molecule has 5 heteroatoms. The van der Waals surface area contributed by atoms with Crippen molar-refractivity contribution in [2.45, 2.75) is 6.42 Å². The number of anilines is 2. The molecule has 1 aliphatic rings. The molecular formula is C12H9BrClN3. The summed E-state index contributed by atoms with van der Waals surface area (Å²) in [7, 11) is 0. The molecule has 0 fully saturated rings. The number of hydrogen-bond donors (Lipinski definition) is 0. The van der Waals surface area contributed by atoms with Gasteiger partial charge in [-0.3, -0.25) is 0 Å². The highest BCUT2D eigenvalue weighted by Crippen LogP contribution is 2.35. The Hall–Kier alpha value is -1.13. The van der Waals surface area contributed by atoms with Gasteiger partial charge in [-0.15, -0.1) is 0 Å². The standard InChI is InChI=1S/C12H9BrClN3/c13-9-2-1-8-4-6-17(10(8)7-9)11-3-5-15-12(14)16-11/h1-3,5,7H,4,6H2. The number of halogens is 2. The van der Waals surface area contributed by atoms with Crippen molar-refractivity contribution in [2.75, 3.05) is 11.4 Å². The first-order chi connectivity index (χ1) is 8.24. The third-order valence-electron chi connectivity index (χ3n) is 2.83. The first-order valence-electron chi connectivity index (χ1n) is 5.28. The smallest absolute Gasteiger partial charge is 0.224 e. The molecule has 0 saturated carbocycles. The number of hydrogen-bond acceptors (Lipinski definition) is 3. The molecule has 1 aromatic heterocycles. The zero-order valence-electron chi connectivity index (χ0n) is 8.90. The molecule has 0 amide bonds. The molecule has 2 heterocycles. The van der Waals surface area contributed by atoms with Crippen LogP contribution in [0.2, 0.25) is 5.28 Å². The van der Waals surface area contributed by atoms with Crippen LogP contribution in [0, 0.1) is 0 Å². The maximum Gasteiger partial charge on any atom is 0.224 e. The lowest BCUT2D eigenvalue weighted by molar-refractivity contribution is 0.964. The molecular weight excluding hydrogens is 302 g/mol. The second kappa shape index (κ2) is 4.27. The van der Waals surface area contributed by atoms with Gasteiger partial charge in [0.25, 0.3) is 0 Å². The second-order valence-corrected chi connectivity index (χ2v) is 5.11. The van der Waals surface area contributed by atoms with Crippen LogP contribution >= 0.6 is 27.5 Å². The molecule has 3 rings (SSSR count). The minimum Gasteiger partial charge on any atom is -0.326 e. The van der Waals surface area contributed by atoms with Crippen molar-refractivity contribution in [1.29, 1.82) is 0 Å². The van der Waals surface area contributed by atoms with Crippen molar-refractivity contribution in [1.82, 2.24) is 9.97 Å². The van der Waals surface area contributed by atoms with Gasteiger partial charge in [0.15, 0.2) is 0 Å². The van der Waals surface area contributed by atoms with E-state index < -0.39 is 0 Å². The van der Waals surface area contributed by atoms with Gasteiger partial charge in [-0.2, -0.15) is 0 Å². The van der Waals surface area contributed by atoms with E-state index in [4.69, 9.17) is 11.6 Å². The topological polar surface area (TPSA) is 29.0 Å². The largest absolute Gasteiger partial charge is 0.326 e. The van der Waals surface area contributed by atoms with E-state index >= 15 is 0 Å². The molecule has 0 radical (unpaired) electrons. The lowest BCUT2D eigenvalue weighted by atomic mass is 10.2. The van der Waals surface area contributed by atoms with E-state index in [2.05, 4.69) is 49.0 Å². The van der Waals surface area contributed by atoms with E-state index in [1.807, 2.05) is 6.07 Å². The Morgan fingerprint density at radius 2 is 2.18 bits per heavy atom. The Morgan fingerprint density at radius 1 is 1.29 bits per heavy atom. The number of aromatic nitrogens is 2. The quantitative estimate of drug-likeness (QED) is 0.754. The summed E-state index contributed by atoms with van der Waals surface area (Å²) in [6, 6.07) is 8.19. The molecule has 0 N–H and O–H groups in total. The summed E-state index contributed by atoms with van der Waals surface area (Å²) < 4.78 is 1.07. The number of nitrogens with zero attached hydrogens (tertiary/aromatic N) is 3. The van der Waals surface area contributed by atoms with E-state index in [-0.39, 0.29) is 5.28 Å². The van der Waals surface area contributed by atoms with E-state index in [1.54, 1.807) is 6.20 Å². The van der Waals surface area contributed by atoms with Crippen LogP contribution in [0.5, 0.6) is 0 Å². The highest BCUT2D eigenvalue weighted by atomic mass is 79.9. The Balaban J connectivity index is 2.06. The molecule has 2 aromatic rings. The SMILES string of the molecule is Clc1nccc(N2CCc3ccc(Br)cc32)n1. The van der Waals surface area contributed by atoms with Gasteiger partial charge in [0.1, 0.15) is 5.82 Å². The first kappa shape index (κ1) is 11.0. The van der Waals surface area contributed by atoms with Crippen LogP contribution in [-0.2, 0) is 6.42 Å². The van der Waals surface area contributed by atoms with Crippen molar-refractivity contribution in [3.8, 4) is 0 Å². The minimum atomic E-state index is 0.283. The Kier molecular flexibility index (Phi) is 2.76. The normalized spacial score (nSPS) is 13.9. The van der Waals surface area contributed by atoms with Crippen molar-refractivity contribution in [3.63, 3.8) is 0 Å². The van der Waals surface area contributed by atoms with E-state index in [0.717, 1.165) is 23.3 Å². The summed E-state index contributed by atoms with van der Waals surface area (Å²) in [5, 5.41) is 0.283. The molecule has 0 aliphatic carbocycles. The highest BCUT2D eigenvalue weighted by Gasteiger charge is 2.21. The van der Waals surface area contributed by atoms with Gasteiger partial charge in [0.05, 0.1) is 0 Å². The predicted molar refractivity (Wildman–Crippen MR) is 71.9 cm³/mol. The molecule has 0 saturated heterocycles. The Morgan fingerprint density at radius 3 is 3.00 bits per heavy atom. The fraction of sp³-hybridized carbons (Fsp3) is 0.167. The average Bonchev–Trinajstić information content (AvgIpc) is 2.71. The van der Waals surface area contributed by atoms with Crippen LogP contribution in [0.25, 0.3) is 0 Å².